The molecule has 3 heteroatoms. The van der Waals surface area contributed by atoms with E-state index in [1.807, 2.05) is 43.3 Å². The van der Waals surface area contributed by atoms with Gasteiger partial charge in [0.2, 0.25) is 0 Å². The Kier molecular flexibility index (Phi) is 5.50. The maximum absolute atomic E-state index is 8.44. The van der Waals surface area contributed by atoms with Gasteiger partial charge in [0, 0.05) is 23.9 Å². The van der Waals surface area contributed by atoms with Crippen molar-refractivity contribution in [2.75, 3.05) is 11.9 Å². The molecule has 0 radical (unpaired) electrons. The van der Waals surface area contributed by atoms with Gasteiger partial charge in [0.15, 0.2) is 0 Å². The minimum Gasteiger partial charge on any atom is -0.370 e. The Labute approximate surface area is 126 Å². The number of nitrogens with one attached hydrogen (secondary N) is 2. The van der Waals surface area contributed by atoms with Gasteiger partial charge in [-0.2, -0.15) is 0 Å². The molecule has 0 amide bonds. The van der Waals surface area contributed by atoms with Crippen molar-refractivity contribution in [2.45, 2.75) is 33.1 Å². The van der Waals surface area contributed by atoms with Crippen LogP contribution in [0.1, 0.15) is 42.9 Å². The van der Waals surface area contributed by atoms with Crippen LogP contribution in [0.3, 0.4) is 0 Å². The largest absolute Gasteiger partial charge is 0.370 e. The summed E-state index contributed by atoms with van der Waals surface area (Å²) in [5, 5.41) is 11.8. The Morgan fingerprint density at radius 2 is 2.05 bits per heavy atom. The first kappa shape index (κ1) is 15.2. The molecule has 0 fully saturated rings. The molecule has 110 valence electrons. The third kappa shape index (κ3) is 4.15. The molecule has 0 aliphatic heterocycles. The van der Waals surface area contributed by atoms with Crippen LogP contribution < -0.4 is 5.32 Å². The van der Waals surface area contributed by atoms with E-state index < -0.39 is 0 Å². The van der Waals surface area contributed by atoms with Gasteiger partial charge in [-0.1, -0.05) is 43.5 Å². The summed E-state index contributed by atoms with van der Waals surface area (Å²) < 4.78 is 0. The molecule has 0 aliphatic rings. The molecule has 0 saturated heterocycles. The predicted octanol–water partition coefficient (Wildman–Crippen LogP) is 4.41. The highest BCUT2D eigenvalue weighted by molar-refractivity contribution is 6.13. The second kappa shape index (κ2) is 7.58. The summed E-state index contributed by atoms with van der Waals surface area (Å²) in [7, 11) is 0. The third-order valence-corrected chi connectivity index (χ3v) is 3.46. The molecule has 0 aliphatic carbocycles. The van der Waals surface area contributed by atoms with Crippen molar-refractivity contribution in [3.8, 4) is 0 Å². The predicted molar refractivity (Wildman–Crippen MR) is 89.4 cm³/mol. The van der Waals surface area contributed by atoms with Gasteiger partial charge < -0.3 is 5.32 Å². The number of hydrogen-bond donors (Lipinski definition) is 2. The summed E-state index contributed by atoms with van der Waals surface area (Å²) >= 11 is 0. The Hall–Kier alpha value is -2.16. The van der Waals surface area contributed by atoms with E-state index in [4.69, 9.17) is 5.41 Å². The van der Waals surface area contributed by atoms with Gasteiger partial charge in [-0.3, -0.25) is 5.41 Å². The summed E-state index contributed by atoms with van der Waals surface area (Å²) in [4.78, 5) is 4.39. The zero-order valence-corrected chi connectivity index (χ0v) is 12.8. The van der Waals surface area contributed by atoms with Crippen molar-refractivity contribution in [1.82, 2.24) is 4.98 Å². The van der Waals surface area contributed by atoms with Crippen LogP contribution in [-0.4, -0.2) is 17.2 Å². The number of rotatable bonds is 7. The first-order chi connectivity index (χ1) is 10.2. The quantitative estimate of drug-likeness (QED) is 0.583. The summed E-state index contributed by atoms with van der Waals surface area (Å²) in [6.07, 6.45) is 5.32. The summed E-state index contributed by atoms with van der Waals surface area (Å²) in [5.74, 6) is 0.806. The number of pyridine rings is 1. The fourth-order valence-corrected chi connectivity index (χ4v) is 2.29. The molecule has 0 saturated carbocycles. The molecular formula is C18H23N3. The first-order valence-electron chi connectivity index (χ1n) is 7.57. The fraction of sp³-hybridized carbons (Fsp3) is 0.333. The van der Waals surface area contributed by atoms with Crippen molar-refractivity contribution >= 4 is 11.5 Å². The van der Waals surface area contributed by atoms with Crippen molar-refractivity contribution in [3.63, 3.8) is 0 Å². The zero-order valence-electron chi connectivity index (χ0n) is 12.8. The Morgan fingerprint density at radius 1 is 1.19 bits per heavy atom. The van der Waals surface area contributed by atoms with Crippen molar-refractivity contribution in [3.05, 3.63) is 59.3 Å². The number of aryl methyl sites for hydroxylation is 1. The molecule has 0 spiro atoms. The van der Waals surface area contributed by atoms with Crippen LogP contribution in [0.4, 0.5) is 5.82 Å². The lowest BCUT2D eigenvalue weighted by molar-refractivity contribution is 0.742. The lowest BCUT2D eigenvalue weighted by atomic mass is 10.0. The van der Waals surface area contributed by atoms with Crippen LogP contribution in [0.15, 0.2) is 42.6 Å². The standard InChI is InChI=1S/C18H23N3/c1-3-4-5-11-20-18-16(10-7-12-21-18)17(19)15-9-6-8-14(2)13-15/h6-10,12-13,19H,3-5,11H2,1-2H3,(H,20,21). The van der Waals surface area contributed by atoms with E-state index in [0.29, 0.717) is 5.71 Å². The monoisotopic (exact) mass is 281 g/mol. The average Bonchev–Trinajstić information content (AvgIpc) is 2.51. The lowest BCUT2D eigenvalue weighted by Gasteiger charge is -2.12. The van der Waals surface area contributed by atoms with E-state index >= 15 is 0 Å². The number of aromatic nitrogens is 1. The highest BCUT2D eigenvalue weighted by Gasteiger charge is 2.10. The van der Waals surface area contributed by atoms with Gasteiger partial charge in [0.1, 0.15) is 5.82 Å². The van der Waals surface area contributed by atoms with E-state index in [1.54, 1.807) is 6.20 Å². The molecule has 0 bridgehead atoms. The fourth-order valence-electron chi connectivity index (χ4n) is 2.29. The van der Waals surface area contributed by atoms with Gasteiger partial charge >= 0.3 is 0 Å². The van der Waals surface area contributed by atoms with E-state index in [9.17, 15) is 0 Å². The average molecular weight is 281 g/mol. The SMILES string of the molecule is CCCCCNc1ncccc1C(=N)c1cccc(C)c1. The summed E-state index contributed by atoms with van der Waals surface area (Å²) in [5.41, 5.74) is 3.47. The number of hydrogen-bond acceptors (Lipinski definition) is 3. The van der Waals surface area contributed by atoms with Gasteiger partial charge in [-0.05, 0) is 31.5 Å². The molecule has 2 aromatic rings. The normalized spacial score (nSPS) is 10.4. The third-order valence-electron chi connectivity index (χ3n) is 3.46. The van der Waals surface area contributed by atoms with E-state index in [0.717, 1.165) is 29.9 Å². The second-order valence-electron chi connectivity index (χ2n) is 5.28. The van der Waals surface area contributed by atoms with Crippen molar-refractivity contribution in [1.29, 1.82) is 5.41 Å². The van der Waals surface area contributed by atoms with Crippen LogP contribution in [-0.2, 0) is 0 Å². The van der Waals surface area contributed by atoms with Crippen LogP contribution in [0.5, 0.6) is 0 Å². The van der Waals surface area contributed by atoms with Crippen LogP contribution in [0, 0.1) is 12.3 Å². The molecule has 1 heterocycles. The molecule has 3 nitrogen and oxygen atoms in total. The molecular weight excluding hydrogens is 258 g/mol. The van der Waals surface area contributed by atoms with E-state index in [1.165, 1.54) is 18.4 Å². The Bertz CT molecular complexity index is 605. The van der Waals surface area contributed by atoms with Crippen LogP contribution in [0.25, 0.3) is 0 Å². The van der Waals surface area contributed by atoms with Gasteiger partial charge in [-0.25, -0.2) is 4.98 Å². The number of anilines is 1. The number of benzene rings is 1. The van der Waals surface area contributed by atoms with Crippen molar-refractivity contribution < 1.29 is 0 Å². The van der Waals surface area contributed by atoms with Crippen LogP contribution in [0.2, 0.25) is 0 Å². The second-order valence-corrected chi connectivity index (χ2v) is 5.28. The molecule has 1 aromatic carbocycles. The maximum Gasteiger partial charge on any atom is 0.135 e. The highest BCUT2D eigenvalue weighted by atomic mass is 15.0. The smallest absolute Gasteiger partial charge is 0.135 e. The topological polar surface area (TPSA) is 48.8 Å². The number of nitrogens with zero attached hydrogens (tertiary/aromatic N) is 1. The molecule has 2 rings (SSSR count). The van der Waals surface area contributed by atoms with E-state index in [2.05, 4.69) is 17.2 Å². The molecule has 1 aromatic heterocycles. The molecule has 21 heavy (non-hydrogen) atoms. The van der Waals surface area contributed by atoms with Gasteiger partial charge in [-0.15, -0.1) is 0 Å². The first-order valence-corrected chi connectivity index (χ1v) is 7.57. The number of unbranched alkanes of at least 4 members (excludes halogenated alkanes) is 2. The zero-order chi connectivity index (χ0) is 15.1. The van der Waals surface area contributed by atoms with E-state index in [-0.39, 0.29) is 0 Å². The minimum atomic E-state index is 0.518. The Balaban J connectivity index is 2.17. The van der Waals surface area contributed by atoms with Crippen molar-refractivity contribution in [2.24, 2.45) is 0 Å². The summed E-state index contributed by atoms with van der Waals surface area (Å²) in [6.45, 7) is 5.14. The Morgan fingerprint density at radius 3 is 2.81 bits per heavy atom. The van der Waals surface area contributed by atoms with Crippen LogP contribution >= 0.6 is 0 Å². The molecule has 0 atom stereocenters. The minimum absolute atomic E-state index is 0.518. The highest BCUT2D eigenvalue weighted by Crippen LogP contribution is 2.17. The van der Waals surface area contributed by atoms with Gasteiger partial charge in [0.05, 0.1) is 5.71 Å². The summed E-state index contributed by atoms with van der Waals surface area (Å²) in [6, 6.07) is 11.9. The maximum atomic E-state index is 8.44. The van der Waals surface area contributed by atoms with Gasteiger partial charge in [0.25, 0.3) is 0 Å². The molecule has 0 unspecified atom stereocenters. The molecule has 2 N–H and O–H groups in total. The lowest BCUT2D eigenvalue weighted by Crippen LogP contribution is -2.10.